The first-order valence-corrected chi connectivity index (χ1v) is 12.1. The van der Waals surface area contributed by atoms with Crippen LogP contribution in [0.3, 0.4) is 0 Å². The first-order chi connectivity index (χ1) is 15.0. The molecule has 1 N–H and O–H groups in total. The monoisotopic (exact) mass is 456 g/mol. The normalized spacial score (nSPS) is 15.3. The van der Waals surface area contributed by atoms with Gasteiger partial charge in [0.1, 0.15) is 0 Å². The Morgan fingerprint density at radius 2 is 1.94 bits per heavy atom. The summed E-state index contributed by atoms with van der Waals surface area (Å²) in [5.74, 6) is 0.630. The van der Waals surface area contributed by atoms with E-state index in [2.05, 4.69) is 32.8 Å². The second-order valence-electron chi connectivity index (χ2n) is 8.32. The Kier molecular flexibility index (Phi) is 7.10. The maximum absolute atomic E-state index is 12.7. The van der Waals surface area contributed by atoms with E-state index in [-0.39, 0.29) is 5.91 Å². The van der Waals surface area contributed by atoms with Crippen LogP contribution >= 0.6 is 22.9 Å². The molecule has 0 aliphatic carbocycles. The van der Waals surface area contributed by atoms with Gasteiger partial charge in [0, 0.05) is 34.2 Å². The van der Waals surface area contributed by atoms with Crippen LogP contribution in [0.15, 0.2) is 41.8 Å². The molecule has 1 saturated heterocycles. The number of carbonyl (C=O) groups excluding carboxylic acids is 1. The van der Waals surface area contributed by atoms with Crippen molar-refractivity contribution in [2.24, 2.45) is 5.92 Å². The van der Waals surface area contributed by atoms with E-state index < -0.39 is 0 Å². The van der Waals surface area contributed by atoms with Crippen LogP contribution in [0.5, 0.6) is 0 Å². The number of hydrogen-bond donors (Lipinski definition) is 1. The fourth-order valence-corrected chi connectivity index (χ4v) is 5.09. The molecule has 0 unspecified atom stereocenters. The molecule has 1 aliphatic heterocycles. The number of benzene rings is 1. The number of carbonyl (C=O) groups is 1. The first-order valence-electron chi connectivity index (χ1n) is 10.8. The fraction of sp³-hybridized carbons (Fsp3) is 0.417. The van der Waals surface area contributed by atoms with E-state index in [1.165, 1.54) is 4.88 Å². The third-order valence-corrected chi connectivity index (χ3v) is 7.22. The van der Waals surface area contributed by atoms with Crippen LogP contribution in [0, 0.1) is 19.8 Å². The molecule has 0 radical (unpaired) electrons. The number of likely N-dealkylation sites (tertiary alicyclic amines) is 1. The Morgan fingerprint density at radius 3 is 2.61 bits per heavy atom. The Bertz CT molecular complexity index is 1010. The smallest absolute Gasteiger partial charge is 0.224 e. The van der Waals surface area contributed by atoms with Crippen LogP contribution in [0.25, 0.3) is 5.69 Å². The van der Waals surface area contributed by atoms with Crippen LogP contribution in [0.4, 0.5) is 0 Å². The number of piperidine rings is 1. The van der Waals surface area contributed by atoms with Gasteiger partial charge in [0.25, 0.3) is 0 Å². The van der Waals surface area contributed by atoms with Crippen LogP contribution in [0.2, 0.25) is 5.02 Å². The van der Waals surface area contributed by atoms with Crippen molar-refractivity contribution in [3.05, 3.63) is 68.6 Å². The standard InChI is InChI=1S/C24H29ClN4OS/c1-17-23(18(2)29(27-17)21-7-5-20(25)6-8-21)14-24(30)26-15-19-9-11-28(12-10-19)16-22-4-3-13-31-22/h3-8,13,19H,9-12,14-16H2,1-2H3,(H,26,30). The van der Waals surface area contributed by atoms with Gasteiger partial charge < -0.3 is 5.32 Å². The molecule has 1 fully saturated rings. The molecule has 31 heavy (non-hydrogen) atoms. The minimum absolute atomic E-state index is 0.0721. The first kappa shape index (κ1) is 22.1. The summed E-state index contributed by atoms with van der Waals surface area (Å²) in [5, 5.41) is 10.6. The molecule has 0 atom stereocenters. The molecule has 2 aromatic heterocycles. The topological polar surface area (TPSA) is 50.2 Å². The van der Waals surface area contributed by atoms with Gasteiger partial charge in [-0.2, -0.15) is 5.10 Å². The van der Waals surface area contributed by atoms with E-state index in [0.717, 1.165) is 61.7 Å². The number of hydrogen-bond acceptors (Lipinski definition) is 4. The lowest BCUT2D eigenvalue weighted by atomic mass is 9.96. The maximum Gasteiger partial charge on any atom is 0.224 e. The molecule has 164 valence electrons. The molecule has 5 nitrogen and oxygen atoms in total. The number of aromatic nitrogens is 2. The quantitative estimate of drug-likeness (QED) is 0.556. The van der Waals surface area contributed by atoms with E-state index in [1.54, 1.807) is 0 Å². The number of amides is 1. The van der Waals surface area contributed by atoms with Crippen molar-refractivity contribution in [3.8, 4) is 5.69 Å². The van der Waals surface area contributed by atoms with Gasteiger partial charge in [0.15, 0.2) is 0 Å². The molecule has 1 aliphatic rings. The molecule has 4 rings (SSSR count). The molecule has 3 aromatic rings. The van der Waals surface area contributed by atoms with Crippen molar-refractivity contribution in [1.29, 1.82) is 0 Å². The van der Waals surface area contributed by atoms with E-state index in [0.29, 0.717) is 17.4 Å². The van der Waals surface area contributed by atoms with E-state index in [9.17, 15) is 4.79 Å². The zero-order chi connectivity index (χ0) is 21.8. The molecular formula is C24H29ClN4OS. The van der Waals surface area contributed by atoms with Gasteiger partial charge in [-0.05, 0) is 81.4 Å². The summed E-state index contributed by atoms with van der Waals surface area (Å²) in [7, 11) is 0. The average molecular weight is 457 g/mol. The molecule has 1 amide bonds. The molecular weight excluding hydrogens is 428 g/mol. The van der Waals surface area contributed by atoms with Gasteiger partial charge in [-0.1, -0.05) is 17.7 Å². The number of aryl methyl sites for hydroxylation is 1. The van der Waals surface area contributed by atoms with Crippen molar-refractivity contribution in [2.75, 3.05) is 19.6 Å². The lowest BCUT2D eigenvalue weighted by molar-refractivity contribution is -0.120. The van der Waals surface area contributed by atoms with Gasteiger partial charge in [0.2, 0.25) is 5.91 Å². The highest BCUT2D eigenvalue weighted by Gasteiger charge is 2.21. The van der Waals surface area contributed by atoms with Crippen molar-refractivity contribution in [3.63, 3.8) is 0 Å². The number of nitrogens with one attached hydrogen (secondary N) is 1. The minimum Gasteiger partial charge on any atom is -0.356 e. The van der Waals surface area contributed by atoms with Crippen LogP contribution in [-0.2, 0) is 17.8 Å². The highest BCUT2D eigenvalue weighted by atomic mass is 35.5. The van der Waals surface area contributed by atoms with Crippen LogP contribution in [-0.4, -0.2) is 40.2 Å². The van der Waals surface area contributed by atoms with E-state index in [1.807, 2.05) is 54.1 Å². The van der Waals surface area contributed by atoms with E-state index in [4.69, 9.17) is 11.6 Å². The number of halogens is 1. The summed E-state index contributed by atoms with van der Waals surface area (Å²) < 4.78 is 1.89. The molecule has 1 aromatic carbocycles. The largest absolute Gasteiger partial charge is 0.356 e. The Hall–Kier alpha value is -2.15. The average Bonchev–Trinajstić information content (AvgIpc) is 3.37. The number of nitrogens with zero attached hydrogens (tertiary/aromatic N) is 3. The van der Waals surface area contributed by atoms with Gasteiger partial charge >= 0.3 is 0 Å². The van der Waals surface area contributed by atoms with Crippen molar-refractivity contribution < 1.29 is 4.79 Å². The molecule has 3 heterocycles. The van der Waals surface area contributed by atoms with Crippen molar-refractivity contribution >= 4 is 28.8 Å². The molecule has 0 spiro atoms. The fourth-order valence-electron chi connectivity index (χ4n) is 4.22. The lowest BCUT2D eigenvalue weighted by Crippen LogP contribution is -2.38. The minimum atomic E-state index is 0.0721. The van der Waals surface area contributed by atoms with Gasteiger partial charge in [-0.25, -0.2) is 4.68 Å². The number of thiophene rings is 1. The second kappa shape index (κ2) is 9.98. The summed E-state index contributed by atoms with van der Waals surface area (Å²) in [6.45, 7) is 7.99. The SMILES string of the molecule is Cc1nn(-c2ccc(Cl)cc2)c(C)c1CC(=O)NCC1CCN(Cc2cccs2)CC1. The van der Waals surface area contributed by atoms with Crippen molar-refractivity contribution in [1.82, 2.24) is 20.0 Å². The Morgan fingerprint density at radius 1 is 1.19 bits per heavy atom. The Labute approximate surface area is 193 Å². The molecule has 0 saturated carbocycles. The second-order valence-corrected chi connectivity index (χ2v) is 9.79. The summed E-state index contributed by atoms with van der Waals surface area (Å²) in [6, 6.07) is 11.9. The van der Waals surface area contributed by atoms with Crippen LogP contribution < -0.4 is 5.32 Å². The van der Waals surface area contributed by atoms with Crippen molar-refractivity contribution in [2.45, 2.75) is 39.7 Å². The molecule has 7 heteroatoms. The zero-order valence-corrected chi connectivity index (χ0v) is 19.7. The predicted molar refractivity (Wildman–Crippen MR) is 127 cm³/mol. The summed E-state index contributed by atoms with van der Waals surface area (Å²) in [6.07, 6.45) is 2.64. The third-order valence-electron chi connectivity index (χ3n) is 6.10. The summed E-state index contributed by atoms with van der Waals surface area (Å²) in [4.78, 5) is 16.6. The zero-order valence-electron chi connectivity index (χ0n) is 18.1. The molecule has 0 bridgehead atoms. The van der Waals surface area contributed by atoms with Gasteiger partial charge in [0.05, 0.1) is 17.8 Å². The summed E-state index contributed by atoms with van der Waals surface area (Å²) >= 11 is 7.82. The predicted octanol–water partition coefficient (Wildman–Crippen LogP) is 4.77. The maximum atomic E-state index is 12.7. The highest BCUT2D eigenvalue weighted by molar-refractivity contribution is 7.09. The number of rotatable bonds is 7. The van der Waals surface area contributed by atoms with Crippen LogP contribution in [0.1, 0.15) is 34.7 Å². The Balaban J connectivity index is 1.27. The summed E-state index contributed by atoms with van der Waals surface area (Å²) in [5.41, 5.74) is 3.84. The van der Waals surface area contributed by atoms with E-state index >= 15 is 0 Å². The highest BCUT2D eigenvalue weighted by Crippen LogP contribution is 2.22. The van der Waals surface area contributed by atoms with Gasteiger partial charge in [-0.3, -0.25) is 9.69 Å². The lowest BCUT2D eigenvalue weighted by Gasteiger charge is -2.31. The van der Waals surface area contributed by atoms with Gasteiger partial charge in [-0.15, -0.1) is 11.3 Å². The third kappa shape index (κ3) is 5.56.